The molecule has 0 fully saturated rings. The molecule has 0 aliphatic carbocycles. The van der Waals surface area contributed by atoms with E-state index in [0.29, 0.717) is 11.5 Å². The van der Waals surface area contributed by atoms with Gasteiger partial charge < -0.3 is 19.9 Å². The fourth-order valence-corrected chi connectivity index (χ4v) is 1.65. The van der Waals surface area contributed by atoms with Gasteiger partial charge in [0, 0.05) is 12.1 Å². The van der Waals surface area contributed by atoms with Crippen LogP contribution in [0.5, 0.6) is 5.75 Å². The topological polar surface area (TPSA) is 76.4 Å². The minimum absolute atomic E-state index is 0.0546. The highest BCUT2D eigenvalue weighted by atomic mass is 19.1. The van der Waals surface area contributed by atoms with Gasteiger partial charge in [-0.15, -0.1) is 0 Å². The number of rotatable bonds is 6. The van der Waals surface area contributed by atoms with E-state index in [1.54, 1.807) is 13.0 Å². The SMILES string of the molecule is Cc1cc(CNC(=O)NCCOc2ccc(F)cc2F)no1. The lowest BCUT2D eigenvalue weighted by Gasteiger charge is -2.09. The number of nitrogens with zero attached hydrogens (tertiary/aromatic N) is 1. The predicted molar refractivity (Wildman–Crippen MR) is 73.3 cm³/mol. The van der Waals surface area contributed by atoms with Gasteiger partial charge >= 0.3 is 6.03 Å². The fraction of sp³-hybridized carbons (Fsp3) is 0.286. The van der Waals surface area contributed by atoms with Gasteiger partial charge in [-0.25, -0.2) is 13.6 Å². The maximum atomic E-state index is 13.3. The zero-order valence-electron chi connectivity index (χ0n) is 11.9. The predicted octanol–water partition coefficient (Wildman–Crippen LogP) is 2.14. The van der Waals surface area contributed by atoms with Gasteiger partial charge in [0.25, 0.3) is 0 Å². The Labute approximate surface area is 125 Å². The van der Waals surface area contributed by atoms with E-state index in [-0.39, 0.29) is 25.4 Å². The minimum Gasteiger partial charge on any atom is -0.489 e. The summed E-state index contributed by atoms with van der Waals surface area (Å²) in [5.74, 6) is -0.870. The van der Waals surface area contributed by atoms with Crippen LogP contribution in [-0.4, -0.2) is 24.3 Å². The fourth-order valence-electron chi connectivity index (χ4n) is 1.65. The second kappa shape index (κ2) is 7.39. The Bertz CT molecular complexity index is 646. The van der Waals surface area contributed by atoms with Crippen molar-refractivity contribution < 1.29 is 22.8 Å². The van der Waals surface area contributed by atoms with Crippen LogP contribution in [-0.2, 0) is 6.54 Å². The number of nitrogens with one attached hydrogen (secondary N) is 2. The highest BCUT2D eigenvalue weighted by molar-refractivity contribution is 5.73. The Hall–Kier alpha value is -2.64. The molecule has 0 saturated carbocycles. The van der Waals surface area contributed by atoms with E-state index in [2.05, 4.69) is 15.8 Å². The number of aryl methyl sites for hydroxylation is 1. The Morgan fingerprint density at radius 3 is 2.82 bits per heavy atom. The molecule has 0 bridgehead atoms. The van der Waals surface area contributed by atoms with Crippen molar-refractivity contribution in [3.05, 3.63) is 47.4 Å². The van der Waals surface area contributed by atoms with E-state index in [0.717, 1.165) is 12.1 Å². The lowest BCUT2D eigenvalue weighted by Crippen LogP contribution is -2.37. The molecule has 1 heterocycles. The second-order valence-corrected chi connectivity index (χ2v) is 4.46. The number of carbonyl (C=O) groups is 1. The van der Waals surface area contributed by atoms with Crippen molar-refractivity contribution in [3.63, 3.8) is 0 Å². The molecule has 2 rings (SSSR count). The number of hydrogen-bond acceptors (Lipinski definition) is 4. The van der Waals surface area contributed by atoms with Gasteiger partial charge in [0.15, 0.2) is 11.6 Å². The van der Waals surface area contributed by atoms with Crippen molar-refractivity contribution in [1.82, 2.24) is 15.8 Å². The standard InChI is InChI=1S/C14H15F2N3O3/c1-9-6-11(19-22-9)8-18-14(20)17-4-5-21-13-3-2-10(15)7-12(13)16/h2-3,6-7H,4-5,8H2,1H3,(H2,17,18,20). The molecule has 0 saturated heterocycles. The molecule has 1 aromatic heterocycles. The molecule has 0 spiro atoms. The quantitative estimate of drug-likeness (QED) is 0.801. The summed E-state index contributed by atoms with van der Waals surface area (Å²) < 4.78 is 35.9. The maximum absolute atomic E-state index is 13.3. The molecule has 8 heteroatoms. The monoisotopic (exact) mass is 311 g/mol. The first-order valence-electron chi connectivity index (χ1n) is 6.56. The van der Waals surface area contributed by atoms with Crippen molar-refractivity contribution in [1.29, 1.82) is 0 Å². The van der Waals surface area contributed by atoms with E-state index in [4.69, 9.17) is 9.26 Å². The zero-order chi connectivity index (χ0) is 15.9. The molecule has 22 heavy (non-hydrogen) atoms. The number of ether oxygens (including phenoxy) is 1. The van der Waals surface area contributed by atoms with Gasteiger partial charge in [-0.1, -0.05) is 5.16 Å². The van der Waals surface area contributed by atoms with E-state index < -0.39 is 17.7 Å². The largest absolute Gasteiger partial charge is 0.489 e. The van der Waals surface area contributed by atoms with Crippen LogP contribution < -0.4 is 15.4 Å². The van der Waals surface area contributed by atoms with Crippen LogP contribution in [0.2, 0.25) is 0 Å². The summed E-state index contributed by atoms with van der Waals surface area (Å²) in [6.07, 6.45) is 0. The number of urea groups is 1. The Morgan fingerprint density at radius 1 is 1.32 bits per heavy atom. The lowest BCUT2D eigenvalue weighted by atomic mass is 10.3. The van der Waals surface area contributed by atoms with E-state index in [1.807, 2.05) is 0 Å². The first-order chi connectivity index (χ1) is 10.5. The lowest BCUT2D eigenvalue weighted by molar-refractivity contribution is 0.235. The Balaban J connectivity index is 1.64. The molecule has 118 valence electrons. The zero-order valence-corrected chi connectivity index (χ0v) is 11.9. The van der Waals surface area contributed by atoms with Gasteiger partial charge in [-0.05, 0) is 19.1 Å². The molecule has 2 N–H and O–H groups in total. The van der Waals surface area contributed by atoms with Crippen molar-refractivity contribution in [3.8, 4) is 5.75 Å². The Morgan fingerprint density at radius 2 is 2.14 bits per heavy atom. The van der Waals surface area contributed by atoms with Crippen molar-refractivity contribution in [2.24, 2.45) is 0 Å². The molecule has 0 radical (unpaired) electrons. The highest BCUT2D eigenvalue weighted by Crippen LogP contribution is 2.17. The van der Waals surface area contributed by atoms with Gasteiger partial charge in [-0.3, -0.25) is 0 Å². The van der Waals surface area contributed by atoms with Crippen LogP contribution in [0.15, 0.2) is 28.8 Å². The summed E-state index contributed by atoms with van der Waals surface area (Å²) in [7, 11) is 0. The molecule has 6 nitrogen and oxygen atoms in total. The number of benzene rings is 1. The first-order valence-corrected chi connectivity index (χ1v) is 6.56. The smallest absolute Gasteiger partial charge is 0.315 e. The molecule has 0 aliphatic heterocycles. The Kier molecular flexibility index (Phi) is 5.29. The number of amides is 2. The maximum Gasteiger partial charge on any atom is 0.315 e. The highest BCUT2D eigenvalue weighted by Gasteiger charge is 2.06. The van der Waals surface area contributed by atoms with E-state index in [1.165, 1.54) is 6.07 Å². The van der Waals surface area contributed by atoms with Gasteiger partial charge in [0.2, 0.25) is 0 Å². The van der Waals surface area contributed by atoms with E-state index in [9.17, 15) is 13.6 Å². The molecular weight excluding hydrogens is 296 g/mol. The van der Waals surface area contributed by atoms with Gasteiger partial charge in [0.1, 0.15) is 23.9 Å². The number of carbonyl (C=O) groups excluding carboxylic acids is 1. The minimum atomic E-state index is -0.786. The number of hydrogen-bond donors (Lipinski definition) is 2. The molecule has 1 aromatic carbocycles. The average Bonchev–Trinajstić information content (AvgIpc) is 2.89. The number of aromatic nitrogens is 1. The summed E-state index contributed by atoms with van der Waals surface area (Å²) in [5.41, 5.74) is 0.609. The second-order valence-electron chi connectivity index (χ2n) is 4.46. The molecule has 2 amide bonds. The summed E-state index contributed by atoms with van der Waals surface area (Å²) in [4.78, 5) is 11.5. The summed E-state index contributed by atoms with van der Waals surface area (Å²) in [6.45, 7) is 2.21. The van der Waals surface area contributed by atoms with Gasteiger partial charge in [0.05, 0.1) is 13.1 Å². The third kappa shape index (κ3) is 4.72. The van der Waals surface area contributed by atoms with Crippen LogP contribution >= 0.6 is 0 Å². The number of halogens is 2. The summed E-state index contributed by atoms with van der Waals surface area (Å²) >= 11 is 0. The molecule has 0 atom stereocenters. The van der Waals surface area contributed by atoms with Crippen LogP contribution in [0, 0.1) is 18.6 Å². The van der Waals surface area contributed by atoms with Crippen molar-refractivity contribution in [2.45, 2.75) is 13.5 Å². The molecule has 0 aliphatic rings. The van der Waals surface area contributed by atoms with Crippen LogP contribution in [0.1, 0.15) is 11.5 Å². The van der Waals surface area contributed by atoms with Crippen LogP contribution in [0.4, 0.5) is 13.6 Å². The first kappa shape index (κ1) is 15.7. The molecule has 2 aromatic rings. The third-order valence-electron chi connectivity index (χ3n) is 2.65. The van der Waals surface area contributed by atoms with Crippen LogP contribution in [0.25, 0.3) is 0 Å². The van der Waals surface area contributed by atoms with Gasteiger partial charge in [-0.2, -0.15) is 0 Å². The van der Waals surface area contributed by atoms with Crippen molar-refractivity contribution in [2.75, 3.05) is 13.2 Å². The normalized spacial score (nSPS) is 10.3. The van der Waals surface area contributed by atoms with Crippen molar-refractivity contribution >= 4 is 6.03 Å². The summed E-state index contributed by atoms with van der Waals surface area (Å²) in [5, 5.41) is 8.84. The van der Waals surface area contributed by atoms with E-state index >= 15 is 0 Å². The van der Waals surface area contributed by atoms with Crippen LogP contribution in [0.3, 0.4) is 0 Å². The molecule has 0 unspecified atom stereocenters. The average molecular weight is 311 g/mol. The summed E-state index contributed by atoms with van der Waals surface area (Å²) in [6, 6.07) is 4.32. The molecular formula is C14H15F2N3O3. The third-order valence-corrected chi connectivity index (χ3v) is 2.65.